The normalized spacial score (nSPS) is 13.7. The van der Waals surface area contributed by atoms with Crippen LogP contribution in [0.5, 0.6) is 0 Å². The average molecular weight is 327 g/mol. The zero-order chi connectivity index (χ0) is 15.1. The minimum atomic E-state index is -0.369. The number of aliphatic imine (C=N–C) groups is 1. The molecule has 1 heterocycles. The number of carbonyl (C=O) groups is 2. The monoisotopic (exact) mass is 327 g/mol. The van der Waals surface area contributed by atoms with E-state index in [9.17, 15) is 14.0 Å². The second-order valence-electron chi connectivity index (χ2n) is 4.12. The van der Waals surface area contributed by atoms with Gasteiger partial charge in [-0.05, 0) is 24.3 Å². The Labute approximate surface area is 130 Å². The highest BCUT2D eigenvalue weighted by atomic mass is 32.2. The summed E-state index contributed by atoms with van der Waals surface area (Å²) in [4.78, 5) is 27.4. The van der Waals surface area contributed by atoms with E-state index < -0.39 is 0 Å². The van der Waals surface area contributed by atoms with E-state index in [0.717, 1.165) is 16.7 Å². The average Bonchev–Trinajstić information content (AvgIpc) is 2.99. The molecule has 8 heteroatoms. The standard InChI is InChI=1S/C13H14FN3O2S2/c14-9-1-3-10(4-2-9)17-11(18)7-16-12(19)8-21-13-15-5-6-20-13/h1-4H,5-8H2,(H,16,19)(H,17,18). The molecule has 2 amide bonds. The van der Waals surface area contributed by atoms with Crippen molar-refractivity contribution in [3.8, 4) is 0 Å². The van der Waals surface area contributed by atoms with E-state index in [4.69, 9.17) is 0 Å². The molecule has 0 saturated carbocycles. The Kier molecular flexibility index (Phi) is 6.06. The second-order valence-corrected chi connectivity index (χ2v) is 6.42. The molecule has 21 heavy (non-hydrogen) atoms. The molecule has 1 aromatic rings. The molecule has 1 aromatic carbocycles. The first-order chi connectivity index (χ1) is 10.1. The van der Waals surface area contributed by atoms with E-state index in [1.165, 1.54) is 36.0 Å². The van der Waals surface area contributed by atoms with Crippen LogP contribution in [0.15, 0.2) is 29.3 Å². The molecule has 0 radical (unpaired) electrons. The number of carbonyl (C=O) groups excluding carboxylic acids is 2. The number of nitrogens with one attached hydrogen (secondary N) is 2. The Balaban J connectivity index is 1.65. The van der Waals surface area contributed by atoms with Crippen molar-refractivity contribution in [2.75, 3.05) is 29.9 Å². The summed E-state index contributed by atoms with van der Waals surface area (Å²) in [6, 6.07) is 5.43. The maximum absolute atomic E-state index is 12.7. The van der Waals surface area contributed by atoms with Crippen LogP contribution in [-0.4, -0.2) is 40.8 Å². The molecule has 0 aromatic heterocycles. The first-order valence-corrected chi connectivity index (χ1v) is 8.23. The molecule has 0 atom stereocenters. The smallest absolute Gasteiger partial charge is 0.243 e. The summed E-state index contributed by atoms with van der Waals surface area (Å²) < 4.78 is 13.6. The molecular formula is C13H14FN3O2S2. The SMILES string of the molecule is O=C(CSC1=NCCS1)NCC(=O)Nc1ccc(F)cc1. The van der Waals surface area contributed by atoms with Gasteiger partial charge in [0, 0.05) is 11.4 Å². The molecule has 2 rings (SSSR count). The van der Waals surface area contributed by atoms with E-state index >= 15 is 0 Å². The van der Waals surface area contributed by atoms with E-state index in [2.05, 4.69) is 15.6 Å². The number of rotatable bonds is 5. The zero-order valence-corrected chi connectivity index (χ0v) is 12.7. The predicted octanol–water partition coefficient (Wildman–Crippen LogP) is 1.72. The van der Waals surface area contributed by atoms with Crippen LogP contribution in [-0.2, 0) is 9.59 Å². The number of anilines is 1. The van der Waals surface area contributed by atoms with Crippen molar-refractivity contribution in [3.63, 3.8) is 0 Å². The van der Waals surface area contributed by atoms with E-state index in [1.807, 2.05) is 0 Å². The topological polar surface area (TPSA) is 70.6 Å². The summed E-state index contributed by atoms with van der Waals surface area (Å²) in [5.74, 6) is 0.266. The Bertz CT molecular complexity index is 549. The lowest BCUT2D eigenvalue weighted by Gasteiger charge is -2.06. The lowest BCUT2D eigenvalue weighted by molar-refractivity contribution is -0.122. The van der Waals surface area contributed by atoms with Gasteiger partial charge < -0.3 is 10.6 Å². The van der Waals surface area contributed by atoms with Crippen LogP contribution in [0.25, 0.3) is 0 Å². The van der Waals surface area contributed by atoms with Crippen LogP contribution < -0.4 is 10.6 Å². The Morgan fingerprint density at radius 2 is 2.05 bits per heavy atom. The molecule has 112 valence electrons. The van der Waals surface area contributed by atoms with E-state index in [0.29, 0.717) is 5.69 Å². The van der Waals surface area contributed by atoms with Crippen molar-refractivity contribution < 1.29 is 14.0 Å². The summed E-state index contributed by atoms with van der Waals surface area (Å²) in [6.07, 6.45) is 0. The molecule has 1 aliphatic heterocycles. The first-order valence-electron chi connectivity index (χ1n) is 6.25. The molecule has 1 aliphatic rings. The van der Waals surface area contributed by atoms with Gasteiger partial charge in [0.05, 0.1) is 18.8 Å². The van der Waals surface area contributed by atoms with Gasteiger partial charge in [-0.2, -0.15) is 0 Å². The maximum atomic E-state index is 12.7. The van der Waals surface area contributed by atoms with E-state index in [1.54, 1.807) is 11.8 Å². The molecule has 0 unspecified atom stereocenters. The lowest BCUT2D eigenvalue weighted by atomic mass is 10.3. The molecule has 5 nitrogen and oxygen atoms in total. The Morgan fingerprint density at radius 3 is 2.71 bits per heavy atom. The van der Waals surface area contributed by atoms with Crippen molar-refractivity contribution in [3.05, 3.63) is 30.1 Å². The number of hydrogen-bond donors (Lipinski definition) is 2. The van der Waals surface area contributed by atoms with Crippen molar-refractivity contribution in [1.82, 2.24) is 5.32 Å². The maximum Gasteiger partial charge on any atom is 0.243 e. The predicted molar refractivity (Wildman–Crippen MR) is 85.3 cm³/mol. The van der Waals surface area contributed by atoms with Gasteiger partial charge in [-0.25, -0.2) is 4.39 Å². The highest BCUT2D eigenvalue weighted by molar-refractivity contribution is 8.39. The van der Waals surface area contributed by atoms with Crippen molar-refractivity contribution in [2.45, 2.75) is 0 Å². The van der Waals surface area contributed by atoms with Crippen LogP contribution in [0, 0.1) is 5.82 Å². The highest BCUT2D eigenvalue weighted by Gasteiger charge is 2.11. The van der Waals surface area contributed by atoms with Gasteiger partial charge in [-0.1, -0.05) is 23.5 Å². The van der Waals surface area contributed by atoms with Gasteiger partial charge in [-0.15, -0.1) is 0 Å². The summed E-state index contributed by atoms with van der Waals surface area (Å²) >= 11 is 3.01. The fourth-order valence-corrected chi connectivity index (χ4v) is 3.34. The number of hydrogen-bond acceptors (Lipinski definition) is 5. The third kappa shape index (κ3) is 5.76. The second kappa shape index (κ2) is 8.04. The fourth-order valence-electron chi connectivity index (χ4n) is 1.50. The number of nitrogens with zero attached hydrogens (tertiary/aromatic N) is 1. The highest BCUT2D eigenvalue weighted by Crippen LogP contribution is 2.21. The van der Waals surface area contributed by atoms with E-state index in [-0.39, 0.29) is 29.9 Å². The zero-order valence-electron chi connectivity index (χ0n) is 11.1. The molecule has 0 bridgehead atoms. The summed E-state index contributed by atoms with van der Waals surface area (Å²) in [7, 11) is 0. The van der Waals surface area contributed by atoms with Crippen LogP contribution in [0.2, 0.25) is 0 Å². The van der Waals surface area contributed by atoms with Gasteiger partial charge >= 0.3 is 0 Å². The third-order valence-electron chi connectivity index (χ3n) is 2.46. The molecule has 2 N–H and O–H groups in total. The number of thioether (sulfide) groups is 2. The number of halogens is 1. The minimum Gasteiger partial charge on any atom is -0.346 e. The quantitative estimate of drug-likeness (QED) is 0.864. The van der Waals surface area contributed by atoms with Crippen LogP contribution in [0.3, 0.4) is 0 Å². The summed E-state index contributed by atoms with van der Waals surface area (Å²) in [5.41, 5.74) is 0.488. The van der Waals surface area contributed by atoms with Gasteiger partial charge in [0.2, 0.25) is 11.8 Å². The Hall–Kier alpha value is -1.54. The largest absolute Gasteiger partial charge is 0.346 e. The third-order valence-corrected chi connectivity index (χ3v) is 4.71. The molecule has 0 saturated heterocycles. The first kappa shape index (κ1) is 15.8. The van der Waals surface area contributed by atoms with Crippen LogP contribution in [0.4, 0.5) is 10.1 Å². The van der Waals surface area contributed by atoms with Gasteiger partial charge in [0.15, 0.2) is 0 Å². The molecule has 0 spiro atoms. The Morgan fingerprint density at radius 1 is 1.29 bits per heavy atom. The number of amides is 2. The number of benzene rings is 1. The van der Waals surface area contributed by atoms with Crippen molar-refractivity contribution >= 4 is 45.4 Å². The van der Waals surface area contributed by atoms with Gasteiger partial charge in [0.1, 0.15) is 10.2 Å². The van der Waals surface area contributed by atoms with Gasteiger partial charge in [-0.3, -0.25) is 14.6 Å². The lowest BCUT2D eigenvalue weighted by Crippen LogP contribution is -2.34. The fraction of sp³-hybridized carbons (Fsp3) is 0.308. The van der Waals surface area contributed by atoms with Crippen LogP contribution in [0.1, 0.15) is 0 Å². The summed E-state index contributed by atoms with van der Waals surface area (Å²) in [6.45, 7) is 0.686. The van der Waals surface area contributed by atoms with Crippen molar-refractivity contribution in [2.24, 2.45) is 4.99 Å². The van der Waals surface area contributed by atoms with Crippen molar-refractivity contribution in [1.29, 1.82) is 0 Å². The van der Waals surface area contributed by atoms with Crippen LogP contribution >= 0.6 is 23.5 Å². The molecular weight excluding hydrogens is 313 g/mol. The molecule has 0 fully saturated rings. The summed E-state index contributed by atoms with van der Waals surface area (Å²) in [5, 5.41) is 5.09. The van der Waals surface area contributed by atoms with Gasteiger partial charge in [0.25, 0.3) is 0 Å². The molecule has 0 aliphatic carbocycles. The minimum absolute atomic E-state index is 0.115.